The van der Waals surface area contributed by atoms with Crippen LogP contribution in [-0.4, -0.2) is 27.0 Å². The predicted molar refractivity (Wildman–Crippen MR) is 84.3 cm³/mol. The van der Waals surface area contributed by atoms with Crippen LogP contribution in [0.3, 0.4) is 0 Å². The Kier molecular flexibility index (Phi) is 3.79. The number of nitro benzene ring substituents is 1. The number of amides is 1. The number of nitrogens with zero attached hydrogens (tertiary/aromatic N) is 3. The lowest BCUT2D eigenvalue weighted by atomic mass is 10.2. The highest BCUT2D eigenvalue weighted by atomic mass is 16.6. The van der Waals surface area contributed by atoms with Crippen LogP contribution in [0.4, 0.5) is 5.69 Å². The van der Waals surface area contributed by atoms with E-state index < -0.39 is 10.8 Å². The summed E-state index contributed by atoms with van der Waals surface area (Å²) in [6.45, 7) is 0. The number of nitrogens with one attached hydrogen (secondary N) is 2. The summed E-state index contributed by atoms with van der Waals surface area (Å²) in [6.07, 6.45) is 1.37. The second kappa shape index (κ2) is 6.06. The lowest BCUT2D eigenvalue weighted by Gasteiger charge is -1.99. The van der Waals surface area contributed by atoms with Crippen LogP contribution in [0.15, 0.2) is 53.6 Å². The Labute approximate surface area is 130 Å². The van der Waals surface area contributed by atoms with E-state index in [0.29, 0.717) is 5.82 Å². The van der Waals surface area contributed by atoms with Gasteiger partial charge in [0.25, 0.3) is 11.6 Å². The zero-order chi connectivity index (χ0) is 16.2. The molecule has 3 aromatic rings. The van der Waals surface area contributed by atoms with Gasteiger partial charge in [0.1, 0.15) is 0 Å². The first-order chi connectivity index (χ1) is 11.1. The monoisotopic (exact) mass is 309 g/mol. The van der Waals surface area contributed by atoms with Crippen molar-refractivity contribution in [1.82, 2.24) is 15.4 Å². The molecule has 0 aliphatic heterocycles. The maximum Gasteiger partial charge on any atom is 0.271 e. The minimum atomic E-state index is -0.561. The van der Waals surface area contributed by atoms with Crippen molar-refractivity contribution in [2.75, 3.05) is 0 Å². The van der Waals surface area contributed by atoms with Crippen LogP contribution in [0.5, 0.6) is 0 Å². The van der Waals surface area contributed by atoms with Gasteiger partial charge in [-0.1, -0.05) is 18.2 Å². The van der Waals surface area contributed by atoms with Crippen molar-refractivity contribution in [2.45, 2.75) is 0 Å². The van der Waals surface area contributed by atoms with E-state index in [9.17, 15) is 14.9 Å². The number of hydrogen-bond acceptors (Lipinski definition) is 5. The zero-order valence-electron chi connectivity index (χ0n) is 11.8. The molecule has 0 unspecified atom stereocenters. The van der Waals surface area contributed by atoms with Crippen molar-refractivity contribution in [3.8, 4) is 0 Å². The number of nitro groups is 1. The first-order valence-electron chi connectivity index (χ1n) is 6.66. The maximum absolute atomic E-state index is 11.9. The van der Waals surface area contributed by atoms with E-state index >= 15 is 0 Å². The zero-order valence-corrected chi connectivity index (χ0v) is 11.8. The molecular weight excluding hydrogens is 298 g/mol. The first-order valence-corrected chi connectivity index (χ1v) is 6.66. The molecule has 0 radical (unpaired) electrons. The van der Waals surface area contributed by atoms with Crippen molar-refractivity contribution >= 4 is 28.8 Å². The number of carbonyl (C=O) groups is 1. The van der Waals surface area contributed by atoms with Gasteiger partial charge in [-0.25, -0.2) is 10.4 Å². The Morgan fingerprint density at radius 1 is 1.26 bits per heavy atom. The van der Waals surface area contributed by atoms with Crippen LogP contribution in [0.2, 0.25) is 0 Å². The van der Waals surface area contributed by atoms with Crippen LogP contribution in [0.1, 0.15) is 16.2 Å². The van der Waals surface area contributed by atoms with Crippen molar-refractivity contribution < 1.29 is 9.72 Å². The van der Waals surface area contributed by atoms with Gasteiger partial charge in [0, 0.05) is 17.7 Å². The molecule has 0 aliphatic carbocycles. The van der Waals surface area contributed by atoms with Crippen LogP contribution in [0, 0.1) is 10.1 Å². The number of aromatic amines is 1. The molecule has 1 amide bonds. The number of non-ortho nitro benzene ring substituents is 1. The molecule has 2 N–H and O–H groups in total. The normalized spacial score (nSPS) is 11.0. The van der Waals surface area contributed by atoms with Gasteiger partial charge < -0.3 is 4.98 Å². The van der Waals surface area contributed by atoms with Gasteiger partial charge in [0.15, 0.2) is 5.82 Å². The number of hydrazone groups is 1. The fraction of sp³-hybridized carbons (Fsp3) is 0. The molecule has 0 fully saturated rings. The van der Waals surface area contributed by atoms with Crippen molar-refractivity contribution in [1.29, 1.82) is 0 Å². The summed E-state index contributed by atoms with van der Waals surface area (Å²) in [6, 6.07) is 12.9. The van der Waals surface area contributed by atoms with E-state index in [-0.39, 0.29) is 11.3 Å². The van der Waals surface area contributed by atoms with E-state index in [1.165, 1.54) is 30.5 Å². The molecule has 0 saturated carbocycles. The van der Waals surface area contributed by atoms with E-state index in [4.69, 9.17) is 0 Å². The number of hydrogen-bond donors (Lipinski definition) is 2. The Balaban J connectivity index is 1.70. The molecule has 3 rings (SSSR count). The Bertz CT molecular complexity index is 883. The average Bonchev–Trinajstić information content (AvgIpc) is 2.97. The van der Waals surface area contributed by atoms with Gasteiger partial charge >= 0.3 is 0 Å². The average molecular weight is 309 g/mol. The molecule has 0 spiro atoms. The Morgan fingerprint density at radius 3 is 2.87 bits per heavy atom. The fourth-order valence-electron chi connectivity index (χ4n) is 2.01. The van der Waals surface area contributed by atoms with Gasteiger partial charge in [0.05, 0.1) is 22.2 Å². The lowest BCUT2D eigenvalue weighted by molar-refractivity contribution is -0.384. The standard InChI is InChI=1S/C15H11N5O3/c21-15(10-4-3-5-11(8-10)20(22)23)19-16-9-14-17-12-6-1-2-7-13(12)18-14/h1-9H,(H,17,18)(H,19,21)/b16-9-. The smallest absolute Gasteiger partial charge is 0.271 e. The molecule has 0 atom stereocenters. The molecule has 0 aliphatic rings. The highest BCUT2D eigenvalue weighted by Crippen LogP contribution is 2.13. The minimum Gasteiger partial charge on any atom is -0.337 e. The fourth-order valence-corrected chi connectivity index (χ4v) is 2.01. The second-order valence-electron chi connectivity index (χ2n) is 4.65. The highest BCUT2D eigenvalue weighted by Gasteiger charge is 2.10. The van der Waals surface area contributed by atoms with E-state index in [1.54, 1.807) is 0 Å². The Morgan fingerprint density at radius 2 is 2.09 bits per heavy atom. The number of H-pyrrole nitrogens is 1. The largest absolute Gasteiger partial charge is 0.337 e. The summed E-state index contributed by atoms with van der Waals surface area (Å²) in [5.74, 6) is -0.0494. The number of para-hydroxylation sites is 2. The van der Waals surface area contributed by atoms with E-state index in [2.05, 4.69) is 20.5 Å². The summed E-state index contributed by atoms with van der Waals surface area (Å²) in [4.78, 5) is 29.3. The molecule has 114 valence electrons. The van der Waals surface area contributed by atoms with Gasteiger partial charge in [-0.2, -0.15) is 5.10 Å². The van der Waals surface area contributed by atoms with E-state index in [1.807, 2.05) is 24.3 Å². The lowest BCUT2D eigenvalue weighted by Crippen LogP contribution is -2.17. The molecule has 1 aromatic heterocycles. The molecule has 8 heteroatoms. The molecular formula is C15H11N5O3. The Hall–Kier alpha value is -3.55. The first kappa shape index (κ1) is 14.4. The number of benzene rings is 2. The second-order valence-corrected chi connectivity index (χ2v) is 4.65. The molecule has 2 aromatic carbocycles. The number of carbonyl (C=O) groups excluding carboxylic acids is 1. The van der Waals surface area contributed by atoms with Gasteiger partial charge in [-0.05, 0) is 18.2 Å². The summed E-state index contributed by atoms with van der Waals surface area (Å²) < 4.78 is 0. The third-order valence-corrected chi connectivity index (χ3v) is 3.08. The maximum atomic E-state index is 11.9. The van der Waals surface area contributed by atoms with E-state index in [0.717, 1.165) is 11.0 Å². The molecule has 1 heterocycles. The highest BCUT2D eigenvalue weighted by molar-refractivity contribution is 5.95. The third kappa shape index (κ3) is 3.21. The molecule has 0 saturated heterocycles. The SMILES string of the molecule is O=C(N/N=C\c1nc2ccccc2[nH]1)c1cccc([N+](=O)[O-])c1. The van der Waals surface area contributed by atoms with Crippen LogP contribution in [0.25, 0.3) is 11.0 Å². The number of imidazole rings is 1. The van der Waals surface area contributed by atoms with Gasteiger partial charge in [-0.15, -0.1) is 0 Å². The van der Waals surface area contributed by atoms with Gasteiger partial charge in [-0.3, -0.25) is 14.9 Å². The summed E-state index contributed by atoms with van der Waals surface area (Å²) in [5.41, 5.74) is 3.96. The van der Waals surface area contributed by atoms with Crippen LogP contribution < -0.4 is 5.43 Å². The summed E-state index contributed by atoms with van der Waals surface area (Å²) in [5, 5.41) is 14.5. The minimum absolute atomic E-state index is 0.154. The summed E-state index contributed by atoms with van der Waals surface area (Å²) >= 11 is 0. The number of fused-ring (bicyclic) bond motifs is 1. The van der Waals surface area contributed by atoms with Crippen molar-refractivity contribution in [2.24, 2.45) is 5.10 Å². The molecule has 8 nitrogen and oxygen atoms in total. The predicted octanol–water partition coefficient (Wildman–Crippen LogP) is 2.24. The van der Waals surface area contributed by atoms with Crippen LogP contribution >= 0.6 is 0 Å². The van der Waals surface area contributed by atoms with Gasteiger partial charge in [0.2, 0.25) is 0 Å². The van der Waals surface area contributed by atoms with Crippen LogP contribution in [-0.2, 0) is 0 Å². The summed E-state index contributed by atoms with van der Waals surface area (Å²) in [7, 11) is 0. The topological polar surface area (TPSA) is 113 Å². The molecule has 23 heavy (non-hydrogen) atoms. The quantitative estimate of drug-likeness (QED) is 0.437. The van der Waals surface area contributed by atoms with Crippen molar-refractivity contribution in [3.05, 3.63) is 70.0 Å². The third-order valence-electron chi connectivity index (χ3n) is 3.08. The number of aromatic nitrogens is 2. The molecule has 0 bridgehead atoms. The van der Waals surface area contributed by atoms with Crippen molar-refractivity contribution in [3.63, 3.8) is 0 Å². The number of rotatable bonds is 4.